The third-order valence-electron chi connectivity index (χ3n) is 3.08. The Kier molecular flexibility index (Phi) is 7.11. The second-order valence-corrected chi connectivity index (χ2v) is 6.77. The van der Waals surface area contributed by atoms with Gasteiger partial charge in [-0.2, -0.15) is 5.26 Å². The maximum Gasteiger partial charge on any atom is 0.162 e. The zero-order valence-corrected chi connectivity index (χ0v) is 13.6. The number of nitriles is 1. The summed E-state index contributed by atoms with van der Waals surface area (Å²) in [5.74, 6) is 1.02. The zero-order valence-electron chi connectivity index (χ0n) is 11.2. The second-order valence-electron chi connectivity index (χ2n) is 4.40. The third kappa shape index (κ3) is 4.32. The Morgan fingerprint density at radius 3 is 2.79 bits per heavy atom. The molecular weight excluding hydrogens is 326 g/mol. The van der Waals surface area contributed by atoms with E-state index in [1.807, 2.05) is 6.07 Å². The van der Waals surface area contributed by atoms with Crippen LogP contribution in [0.2, 0.25) is 0 Å². The molecule has 1 heterocycles. The Labute approximate surface area is 126 Å². The zero-order chi connectivity index (χ0) is 14.3. The van der Waals surface area contributed by atoms with Gasteiger partial charge in [-0.15, -0.1) is 11.3 Å². The monoisotopic (exact) mass is 343 g/mol. The molecule has 0 aromatic carbocycles. The van der Waals surface area contributed by atoms with Crippen molar-refractivity contribution in [1.29, 1.82) is 5.26 Å². The Hall–Kier alpha value is -0.860. The summed E-state index contributed by atoms with van der Waals surface area (Å²) in [7, 11) is 0. The van der Waals surface area contributed by atoms with Crippen molar-refractivity contribution in [3.05, 3.63) is 14.2 Å². The Bertz CT molecular complexity index is 465. The number of halogens is 1. The average Bonchev–Trinajstić information content (AvgIpc) is 2.74. The van der Waals surface area contributed by atoms with E-state index in [0.717, 1.165) is 16.6 Å². The van der Waals surface area contributed by atoms with Crippen molar-refractivity contribution in [2.45, 2.75) is 39.5 Å². The molecule has 0 amide bonds. The topological polar surface area (TPSA) is 50.1 Å². The van der Waals surface area contributed by atoms with Crippen molar-refractivity contribution in [2.75, 3.05) is 6.61 Å². The van der Waals surface area contributed by atoms with Crippen molar-refractivity contribution in [3.63, 3.8) is 0 Å². The van der Waals surface area contributed by atoms with Gasteiger partial charge >= 0.3 is 0 Å². The van der Waals surface area contributed by atoms with Crippen LogP contribution in [-0.2, 0) is 0 Å². The van der Waals surface area contributed by atoms with E-state index in [2.05, 4.69) is 29.8 Å². The predicted molar refractivity (Wildman–Crippen MR) is 80.9 cm³/mol. The summed E-state index contributed by atoms with van der Waals surface area (Å²) < 4.78 is 6.49. The molecule has 0 aliphatic carbocycles. The standard InChI is InChI=1S/C14H18BrNO2S/c1-3-5-6-10(4-2)9-18-13-11(7-16)12(8-17)19-14(13)15/h8,10H,3-6,9H2,1-2H3. The first kappa shape index (κ1) is 16.2. The van der Waals surface area contributed by atoms with Crippen molar-refractivity contribution in [3.8, 4) is 11.8 Å². The van der Waals surface area contributed by atoms with Gasteiger partial charge in [0.1, 0.15) is 15.4 Å². The first-order valence-electron chi connectivity index (χ1n) is 6.48. The van der Waals surface area contributed by atoms with Gasteiger partial charge in [0.15, 0.2) is 12.0 Å². The summed E-state index contributed by atoms with van der Waals surface area (Å²) in [6.45, 7) is 4.92. The molecular formula is C14H18BrNO2S. The van der Waals surface area contributed by atoms with Crippen LogP contribution in [0.5, 0.6) is 5.75 Å². The number of carbonyl (C=O) groups excluding carboxylic acids is 1. The summed E-state index contributed by atoms with van der Waals surface area (Å²) in [5.41, 5.74) is 0.345. The fourth-order valence-corrected chi connectivity index (χ4v) is 3.39. The van der Waals surface area contributed by atoms with E-state index in [9.17, 15) is 4.79 Å². The molecule has 0 saturated carbocycles. The third-order valence-corrected chi connectivity index (χ3v) is 4.81. The Balaban J connectivity index is 2.74. The number of hydrogen-bond donors (Lipinski definition) is 0. The number of rotatable bonds is 8. The van der Waals surface area contributed by atoms with Gasteiger partial charge in [0.2, 0.25) is 0 Å². The van der Waals surface area contributed by atoms with Crippen LogP contribution >= 0.6 is 27.3 Å². The second kappa shape index (κ2) is 8.34. The van der Waals surface area contributed by atoms with Crippen molar-refractivity contribution in [1.82, 2.24) is 0 Å². The smallest absolute Gasteiger partial charge is 0.162 e. The van der Waals surface area contributed by atoms with E-state index >= 15 is 0 Å². The number of aldehydes is 1. The van der Waals surface area contributed by atoms with Crippen LogP contribution in [0.4, 0.5) is 0 Å². The normalized spacial score (nSPS) is 11.9. The number of carbonyl (C=O) groups is 1. The number of hydrogen-bond acceptors (Lipinski definition) is 4. The molecule has 1 aromatic heterocycles. The van der Waals surface area contributed by atoms with E-state index < -0.39 is 0 Å². The van der Waals surface area contributed by atoms with Crippen LogP contribution in [0.3, 0.4) is 0 Å². The van der Waals surface area contributed by atoms with Gasteiger partial charge in [0.25, 0.3) is 0 Å². The highest BCUT2D eigenvalue weighted by molar-refractivity contribution is 9.11. The first-order valence-corrected chi connectivity index (χ1v) is 8.09. The Morgan fingerprint density at radius 2 is 2.26 bits per heavy atom. The van der Waals surface area contributed by atoms with Crippen LogP contribution in [0.15, 0.2) is 3.79 Å². The molecule has 0 aliphatic rings. The molecule has 19 heavy (non-hydrogen) atoms. The minimum absolute atomic E-state index is 0.345. The predicted octanol–water partition coefficient (Wildman–Crippen LogP) is 4.79. The maximum absolute atomic E-state index is 10.9. The molecule has 0 radical (unpaired) electrons. The number of unbranched alkanes of at least 4 members (excludes halogenated alkanes) is 1. The molecule has 3 nitrogen and oxygen atoms in total. The van der Waals surface area contributed by atoms with Gasteiger partial charge in [0.05, 0.1) is 11.5 Å². The number of ether oxygens (including phenoxy) is 1. The van der Waals surface area contributed by atoms with Gasteiger partial charge in [0, 0.05) is 0 Å². The van der Waals surface area contributed by atoms with Crippen LogP contribution in [0, 0.1) is 17.2 Å². The SMILES string of the molecule is CCCCC(CC)COc1c(Br)sc(C=O)c1C#N. The quantitative estimate of drug-likeness (QED) is 0.637. The summed E-state index contributed by atoms with van der Waals surface area (Å²) in [5, 5.41) is 9.10. The molecule has 0 aliphatic heterocycles. The molecule has 1 atom stereocenters. The van der Waals surface area contributed by atoms with Crippen LogP contribution in [-0.4, -0.2) is 12.9 Å². The van der Waals surface area contributed by atoms with Gasteiger partial charge in [-0.25, -0.2) is 0 Å². The molecule has 0 fully saturated rings. The van der Waals surface area contributed by atoms with Gasteiger partial charge in [-0.3, -0.25) is 4.79 Å². The molecule has 1 aromatic rings. The Morgan fingerprint density at radius 1 is 1.53 bits per heavy atom. The van der Waals surface area contributed by atoms with E-state index in [0.29, 0.717) is 35.0 Å². The lowest BCUT2D eigenvalue weighted by molar-refractivity contribution is 0.112. The maximum atomic E-state index is 10.9. The van der Waals surface area contributed by atoms with E-state index in [4.69, 9.17) is 10.00 Å². The van der Waals surface area contributed by atoms with E-state index in [1.165, 1.54) is 24.2 Å². The molecule has 1 unspecified atom stereocenters. The highest BCUT2D eigenvalue weighted by Crippen LogP contribution is 2.39. The summed E-state index contributed by atoms with van der Waals surface area (Å²) >= 11 is 4.60. The lowest BCUT2D eigenvalue weighted by Crippen LogP contribution is -2.11. The molecule has 1 rings (SSSR count). The molecule has 0 N–H and O–H groups in total. The van der Waals surface area contributed by atoms with Crippen LogP contribution in [0.1, 0.15) is 54.8 Å². The van der Waals surface area contributed by atoms with Gasteiger partial charge in [-0.1, -0.05) is 33.1 Å². The fourth-order valence-electron chi connectivity index (χ4n) is 1.82. The van der Waals surface area contributed by atoms with Crippen molar-refractivity contribution in [2.24, 2.45) is 5.92 Å². The highest BCUT2D eigenvalue weighted by Gasteiger charge is 2.19. The van der Waals surface area contributed by atoms with E-state index in [1.54, 1.807) is 0 Å². The summed E-state index contributed by atoms with van der Waals surface area (Å²) in [4.78, 5) is 11.3. The van der Waals surface area contributed by atoms with Gasteiger partial charge < -0.3 is 4.74 Å². The lowest BCUT2D eigenvalue weighted by Gasteiger charge is -2.15. The number of nitrogens with zero attached hydrogens (tertiary/aromatic N) is 1. The fraction of sp³-hybridized carbons (Fsp3) is 0.571. The number of thiophene rings is 1. The molecule has 104 valence electrons. The highest BCUT2D eigenvalue weighted by atomic mass is 79.9. The van der Waals surface area contributed by atoms with E-state index in [-0.39, 0.29) is 0 Å². The molecule has 0 saturated heterocycles. The van der Waals surface area contributed by atoms with Crippen molar-refractivity contribution < 1.29 is 9.53 Å². The molecule has 0 bridgehead atoms. The molecule has 0 spiro atoms. The van der Waals surface area contributed by atoms with Crippen LogP contribution < -0.4 is 4.74 Å². The minimum atomic E-state index is 0.345. The van der Waals surface area contributed by atoms with Crippen LogP contribution in [0.25, 0.3) is 0 Å². The summed E-state index contributed by atoms with van der Waals surface area (Å²) in [6, 6.07) is 2.05. The summed E-state index contributed by atoms with van der Waals surface area (Å²) in [6.07, 6.45) is 5.27. The molecule has 5 heteroatoms. The van der Waals surface area contributed by atoms with Gasteiger partial charge in [-0.05, 0) is 28.3 Å². The largest absolute Gasteiger partial charge is 0.490 e. The van der Waals surface area contributed by atoms with Crippen molar-refractivity contribution >= 4 is 33.6 Å². The lowest BCUT2D eigenvalue weighted by atomic mass is 10.0. The minimum Gasteiger partial charge on any atom is -0.490 e. The first-order chi connectivity index (χ1) is 9.17. The average molecular weight is 344 g/mol.